The largest absolute Gasteiger partial charge is 0.358 e. The van der Waals surface area contributed by atoms with Gasteiger partial charge in [0.25, 0.3) is 0 Å². The summed E-state index contributed by atoms with van der Waals surface area (Å²) >= 11 is 2.64. The van der Waals surface area contributed by atoms with E-state index in [2.05, 4.69) is 26.1 Å². The summed E-state index contributed by atoms with van der Waals surface area (Å²) in [5.74, 6) is 0.120. The number of anilines is 1. The van der Waals surface area contributed by atoms with Gasteiger partial charge in [-0.05, 0) is 19.8 Å². The lowest BCUT2D eigenvalue weighted by molar-refractivity contribution is -0.117. The molecule has 1 aromatic heterocycles. The fourth-order valence-corrected chi connectivity index (χ4v) is 2.90. The molecule has 0 aliphatic rings. The van der Waals surface area contributed by atoms with Gasteiger partial charge in [-0.2, -0.15) is 0 Å². The second-order valence-corrected chi connectivity index (χ2v) is 7.31. The number of nitrogens with one attached hydrogen (secondary N) is 3. The van der Waals surface area contributed by atoms with Crippen molar-refractivity contribution in [2.24, 2.45) is 5.92 Å². The van der Waals surface area contributed by atoms with E-state index in [1.807, 2.05) is 27.7 Å². The minimum absolute atomic E-state index is 0.130. The molecule has 0 aliphatic heterocycles. The van der Waals surface area contributed by atoms with Crippen LogP contribution in [0.25, 0.3) is 0 Å². The average Bonchev–Trinajstić information content (AvgIpc) is 2.80. The van der Waals surface area contributed by atoms with Crippen molar-refractivity contribution in [3.63, 3.8) is 0 Å². The lowest BCUT2D eigenvalue weighted by Gasteiger charge is -2.07. The SMILES string of the molecule is CC(C)CNC(=O)NC(=O)CSc1nnc(NC(C)C)s1. The first-order valence-corrected chi connectivity index (χ1v) is 8.47. The number of carbonyl (C=O) groups excluding carboxylic acids is 2. The Kier molecular flexibility index (Phi) is 7.44. The summed E-state index contributed by atoms with van der Waals surface area (Å²) in [5, 5.41) is 16.7. The molecule has 1 rings (SSSR count). The molecule has 0 radical (unpaired) electrons. The van der Waals surface area contributed by atoms with Crippen molar-refractivity contribution >= 4 is 40.2 Å². The Bertz CT molecular complexity index is 476. The maximum Gasteiger partial charge on any atom is 0.321 e. The van der Waals surface area contributed by atoms with Gasteiger partial charge in [0.2, 0.25) is 11.0 Å². The van der Waals surface area contributed by atoms with Crippen LogP contribution < -0.4 is 16.0 Å². The van der Waals surface area contributed by atoms with Crippen LogP contribution >= 0.6 is 23.1 Å². The molecule has 118 valence electrons. The number of imide groups is 1. The molecule has 1 aromatic rings. The van der Waals surface area contributed by atoms with Gasteiger partial charge in [-0.3, -0.25) is 10.1 Å². The highest BCUT2D eigenvalue weighted by atomic mass is 32.2. The fraction of sp³-hybridized carbons (Fsp3) is 0.667. The zero-order valence-corrected chi connectivity index (χ0v) is 14.2. The molecule has 0 fully saturated rings. The Morgan fingerprint density at radius 3 is 2.57 bits per heavy atom. The molecule has 9 heteroatoms. The maximum absolute atomic E-state index is 11.6. The topological polar surface area (TPSA) is 96.0 Å². The number of rotatable bonds is 7. The molecule has 0 atom stereocenters. The van der Waals surface area contributed by atoms with Crippen molar-refractivity contribution in [3.05, 3.63) is 0 Å². The van der Waals surface area contributed by atoms with Gasteiger partial charge >= 0.3 is 6.03 Å². The molecule has 21 heavy (non-hydrogen) atoms. The summed E-state index contributed by atoms with van der Waals surface area (Å²) in [4.78, 5) is 23.0. The van der Waals surface area contributed by atoms with Gasteiger partial charge in [0.05, 0.1) is 5.75 Å². The van der Waals surface area contributed by atoms with Crippen LogP contribution in [0.15, 0.2) is 4.34 Å². The van der Waals surface area contributed by atoms with E-state index in [0.717, 1.165) is 5.13 Å². The molecule has 0 aromatic carbocycles. The van der Waals surface area contributed by atoms with Crippen LogP contribution in [-0.4, -0.2) is 40.5 Å². The minimum Gasteiger partial charge on any atom is -0.358 e. The van der Waals surface area contributed by atoms with Gasteiger partial charge in [-0.25, -0.2) is 4.79 Å². The van der Waals surface area contributed by atoms with Crippen molar-refractivity contribution in [1.82, 2.24) is 20.8 Å². The van der Waals surface area contributed by atoms with E-state index in [-0.39, 0.29) is 17.7 Å². The van der Waals surface area contributed by atoms with Crippen LogP contribution in [0.2, 0.25) is 0 Å². The second-order valence-electron chi connectivity index (χ2n) is 5.11. The molecule has 0 bridgehead atoms. The van der Waals surface area contributed by atoms with E-state index < -0.39 is 6.03 Å². The maximum atomic E-state index is 11.6. The Morgan fingerprint density at radius 1 is 1.24 bits per heavy atom. The van der Waals surface area contributed by atoms with Crippen molar-refractivity contribution in [1.29, 1.82) is 0 Å². The summed E-state index contributed by atoms with van der Waals surface area (Å²) in [6.07, 6.45) is 0. The monoisotopic (exact) mass is 331 g/mol. The summed E-state index contributed by atoms with van der Waals surface area (Å²) in [7, 11) is 0. The van der Waals surface area contributed by atoms with Gasteiger partial charge < -0.3 is 10.6 Å². The number of amides is 3. The van der Waals surface area contributed by atoms with Gasteiger partial charge in [0, 0.05) is 12.6 Å². The van der Waals surface area contributed by atoms with E-state index in [0.29, 0.717) is 16.8 Å². The third-order valence-corrected chi connectivity index (χ3v) is 4.06. The predicted octanol–water partition coefficient (Wildman–Crippen LogP) is 1.93. The molecule has 7 nitrogen and oxygen atoms in total. The summed E-state index contributed by atoms with van der Waals surface area (Å²) in [6, 6.07) is -0.183. The van der Waals surface area contributed by atoms with E-state index in [1.54, 1.807) is 0 Å². The average molecular weight is 331 g/mol. The Labute approximate surface area is 132 Å². The van der Waals surface area contributed by atoms with Crippen molar-refractivity contribution in [2.75, 3.05) is 17.6 Å². The third kappa shape index (κ3) is 7.86. The number of hydrogen-bond donors (Lipinski definition) is 3. The quantitative estimate of drug-likeness (QED) is 0.661. The first-order chi connectivity index (χ1) is 9.86. The first kappa shape index (κ1) is 17.7. The zero-order valence-electron chi connectivity index (χ0n) is 12.6. The molecule has 3 amide bonds. The predicted molar refractivity (Wildman–Crippen MR) is 85.8 cm³/mol. The molecular formula is C12H21N5O2S2. The Hall–Kier alpha value is -1.35. The number of nitrogens with zero attached hydrogens (tertiary/aromatic N) is 2. The standard InChI is InChI=1S/C12H21N5O2S2/c1-7(2)5-13-10(19)15-9(18)6-20-12-17-16-11(21-12)14-8(3)4/h7-8H,5-6H2,1-4H3,(H,14,16)(H2,13,15,18,19). The molecule has 0 aliphatic carbocycles. The van der Waals surface area contributed by atoms with E-state index in [9.17, 15) is 9.59 Å². The summed E-state index contributed by atoms with van der Waals surface area (Å²) in [5.41, 5.74) is 0. The van der Waals surface area contributed by atoms with Crippen molar-refractivity contribution < 1.29 is 9.59 Å². The highest BCUT2D eigenvalue weighted by molar-refractivity contribution is 8.01. The molecular weight excluding hydrogens is 310 g/mol. The van der Waals surface area contributed by atoms with Crippen LogP contribution in [0.1, 0.15) is 27.7 Å². The lowest BCUT2D eigenvalue weighted by atomic mass is 10.2. The highest BCUT2D eigenvalue weighted by Crippen LogP contribution is 2.25. The second kappa shape index (κ2) is 8.83. The molecule has 1 heterocycles. The Balaban J connectivity index is 2.29. The summed E-state index contributed by atoms with van der Waals surface area (Å²) in [6.45, 7) is 8.52. The van der Waals surface area contributed by atoms with Crippen LogP contribution in [0, 0.1) is 5.92 Å². The molecule has 0 saturated heterocycles. The summed E-state index contributed by atoms with van der Waals surface area (Å²) < 4.78 is 0.691. The minimum atomic E-state index is -0.464. The number of aromatic nitrogens is 2. The van der Waals surface area contributed by atoms with Gasteiger partial charge in [-0.15, -0.1) is 10.2 Å². The smallest absolute Gasteiger partial charge is 0.321 e. The molecule has 0 spiro atoms. The molecule has 3 N–H and O–H groups in total. The van der Waals surface area contributed by atoms with Crippen LogP contribution in [0.5, 0.6) is 0 Å². The normalized spacial score (nSPS) is 10.8. The molecule has 0 unspecified atom stereocenters. The lowest BCUT2D eigenvalue weighted by Crippen LogP contribution is -2.41. The van der Waals surface area contributed by atoms with Crippen LogP contribution in [0.3, 0.4) is 0 Å². The first-order valence-electron chi connectivity index (χ1n) is 6.67. The zero-order chi connectivity index (χ0) is 15.8. The van der Waals surface area contributed by atoms with E-state index in [4.69, 9.17) is 0 Å². The third-order valence-electron chi connectivity index (χ3n) is 2.07. The number of hydrogen-bond acceptors (Lipinski definition) is 7. The number of carbonyl (C=O) groups is 2. The molecule has 0 saturated carbocycles. The van der Waals surface area contributed by atoms with E-state index >= 15 is 0 Å². The number of thioether (sulfide) groups is 1. The fourth-order valence-electron chi connectivity index (χ4n) is 1.20. The van der Waals surface area contributed by atoms with Crippen LogP contribution in [-0.2, 0) is 4.79 Å². The number of urea groups is 1. The van der Waals surface area contributed by atoms with Gasteiger partial charge in [-0.1, -0.05) is 36.9 Å². The highest BCUT2D eigenvalue weighted by Gasteiger charge is 2.11. The van der Waals surface area contributed by atoms with Crippen LogP contribution in [0.4, 0.5) is 9.93 Å². The van der Waals surface area contributed by atoms with Crippen molar-refractivity contribution in [3.8, 4) is 0 Å². The van der Waals surface area contributed by atoms with E-state index in [1.165, 1.54) is 23.1 Å². The van der Waals surface area contributed by atoms with Gasteiger partial charge in [0.1, 0.15) is 0 Å². The van der Waals surface area contributed by atoms with Crippen molar-refractivity contribution in [2.45, 2.75) is 38.1 Å². The van der Waals surface area contributed by atoms with Gasteiger partial charge in [0.15, 0.2) is 4.34 Å². The Morgan fingerprint density at radius 2 is 1.95 bits per heavy atom.